The Labute approximate surface area is 155 Å². The van der Waals surface area contributed by atoms with Gasteiger partial charge in [0.2, 0.25) is 0 Å². The molecule has 5 nitrogen and oxygen atoms in total. The molecule has 0 spiro atoms. The Morgan fingerprint density at radius 2 is 1.81 bits per heavy atom. The van der Waals surface area contributed by atoms with Crippen LogP contribution in [0.1, 0.15) is 32.0 Å². The zero-order chi connectivity index (χ0) is 19.6. The van der Waals surface area contributed by atoms with Gasteiger partial charge in [-0.25, -0.2) is 13.6 Å². The van der Waals surface area contributed by atoms with E-state index in [-0.39, 0.29) is 11.5 Å². The topological polar surface area (TPSA) is 69.8 Å². The molecule has 0 aliphatic heterocycles. The molecule has 3 aromatic rings. The minimum Gasteiger partial charge on any atom is -0.333 e. The number of anilines is 1. The number of amides is 2. The minimum atomic E-state index is -0.565. The van der Waals surface area contributed by atoms with E-state index >= 15 is 0 Å². The molecule has 2 aromatic carbocycles. The van der Waals surface area contributed by atoms with Crippen molar-refractivity contribution in [3.05, 3.63) is 59.3 Å². The number of halogens is 2. The molecule has 3 rings (SSSR count). The number of fused-ring (bicyclic) bond motifs is 1. The fourth-order valence-electron chi connectivity index (χ4n) is 2.52. The van der Waals surface area contributed by atoms with E-state index in [0.717, 1.165) is 5.56 Å². The number of carbonyl (C=O) groups excluding carboxylic acids is 1. The number of carbonyl (C=O) groups is 1. The maximum Gasteiger partial charge on any atom is 0.319 e. The van der Waals surface area contributed by atoms with Crippen molar-refractivity contribution in [2.24, 2.45) is 0 Å². The van der Waals surface area contributed by atoms with Crippen LogP contribution in [0.4, 0.5) is 19.3 Å². The lowest BCUT2D eigenvalue weighted by atomic mass is 10.1. The van der Waals surface area contributed by atoms with E-state index in [0.29, 0.717) is 16.6 Å². The molecule has 0 saturated heterocycles. The Hall–Kier alpha value is -3.22. The zero-order valence-electron chi connectivity index (χ0n) is 15.2. The van der Waals surface area contributed by atoms with Crippen LogP contribution < -0.4 is 10.6 Å². The first kappa shape index (κ1) is 18.6. The van der Waals surface area contributed by atoms with Crippen molar-refractivity contribution in [3.8, 4) is 0 Å². The molecule has 3 N–H and O–H groups in total. The summed E-state index contributed by atoms with van der Waals surface area (Å²) in [4.78, 5) is 12.0. The van der Waals surface area contributed by atoms with Gasteiger partial charge >= 0.3 is 6.03 Å². The molecule has 7 heteroatoms. The molecule has 0 fully saturated rings. The zero-order valence-corrected chi connectivity index (χ0v) is 15.2. The van der Waals surface area contributed by atoms with Gasteiger partial charge in [0.05, 0.1) is 16.9 Å². The summed E-state index contributed by atoms with van der Waals surface area (Å²) in [7, 11) is 0. The van der Waals surface area contributed by atoms with Crippen LogP contribution in [0.5, 0.6) is 0 Å². The number of aromatic amines is 1. The molecule has 27 heavy (non-hydrogen) atoms. The molecule has 0 aliphatic carbocycles. The number of hydrogen-bond donors (Lipinski definition) is 3. The average Bonchev–Trinajstić information content (AvgIpc) is 2.95. The number of hydrogen-bond acceptors (Lipinski definition) is 2. The molecule has 1 heterocycles. The molecule has 0 saturated carbocycles. The van der Waals surface area contributed by atoms with E-state index in [1.807, 2.05) is 20.8 Å². The third kappa shape index (κ3) is 4.69. The van der Waals surface area contributed by atoms with Gasteiger partial charge in [-0.1, -0.05) is 18.2 Å². The number of nitrogens with zero attached hydrogens (tertiary/aromatic N) is 1. The first-order valence-corrected chi connectivity index (χ1v) is 8.42. The lowest BCUT2D eigenvalue weighted by Crippen LogP contribution is -2.43. The quantitative estimate of drug-likeness (QED) is 0.612. The van der Waals surface area contributed by atoms with Gasteiger partial charge in [-0.05, 0) is 50.6 Å². The van der Waals surface area contributed by atoms with Crippen molar-refractivity contribution in [2.75, 3.05) is 5.32 Å². The van der Waals surface area contributed by atoms with Crippen LogP contribution in [0.3, 0.4) is 0 Å². The molecule has 2 amide bonds. The lowest BCUT2D eigenvalue weighted by molar-refractivity contribution is 0.243. The van der Waals surface area contributed by atoms with Gasteiger partial charge < -0.3 is 10.6 Å². The SMILES string of the molecule is CC(C)(C)NC(=O)Nc1cc2c(/C=C/c3ccc(F)cc3)n[nH]c2cc1F. The van der Waals surface area contributed by atoms with Crippen LogP contribution in [0, 0.1) is 11.6 Å². The highest BCUT2D eigenvalue weighted by atomic mass is 19.1. The fourth-order valence-corrected chi connectivity index (χ4v) is 2.52. The predicted octanol–water partition coefficient (Wildman–Crippen LogP) is 4.93. The van der Waals surface area contributed by atoms with E-state index in [2.05, 4.69) is 20.8 Å². The van der Waals surface area contributed by atoms with Crippen LogP contribution in [0.15, 0.2) is 36.4 Å². The summed E-state index contributed by atoms with van der Waals surface area (Å²) in [5, 5.41) is 12.8. The largest absolute Gasteiger partial charge is 0.333 e. The Kier molecular flexibility index (Phi) is 4.94. The van der Waals surface area contributed by atoms with Crippen molar-refractivity contribution in [1.82, 2.24) is 15.5 Å². The summed E-state index contributed by atoms with van der Waals surface area (Å²) >= 11 is 0. The molecule has 140 valence electrons. The van der Waals surface area contributed by atoms with E-state index in [9.17, 15) is 13.6 Å². The average molecular weight is 370 g/mol. The highest BCUT2D eigenvalue weighted by Gasteiger charge is 2.16. The molecule has 0 atom stereocenters. The summed E-state index contributed by atoms with van der Waals surface area (Å²) in [6.45, 7) is 5.50. The number of urea groups is 1. The Bertz CT molecular complexity index is 1000. The summed E-state index contributed by atoms with van der Waals surface area (Å²) in [6, 6.07) is 8.34. The molecule has 0 radical (unpaired) electrons. The predicted molar refractivity (Wildman–Crippen MR) is 103 cm³/mol. The maximum atomic E-state index is 14.3. The van der Waals surface area contributed by atoms with Crippen LogP contribution >= 0.6 is 0 Å². The monoisotopic (exact) mass is 370 g/mol. The Balaban J connectivity index is 1.88. The Morgan fingerprint density at radius 3 is 2.48 bits per heavy atom. The van der Waals surface area contributed by atoms with E-state index in [1.165, 1.54) is 24.3 Å². The van der Waals surface area contributed by atoms with Gasteiger partial charge in [-0.2, -0.15) is 5.10 Å². The van der Waals surface area contributed by atoms with Crippen LogP contribution in [0.25, 0.3) is 23.1 Å². The molecule has 0 bridgehead atoms. The van der Waals surface area contributed by atoms with E-state index in [1.54, 1.807) is 24.3 Å². The Morgan fingerprint density at radius 1 is 1.11 bits per heavy atom. The summed E-state index contributed by atoms with van der Waals surface area (Å²) in [5.41, 5.74) is 1.50. The van der Waals surface area contributed by atoms with Crippen molar-refractivity contribution in [3.63, 3.8) is 0 Å². The lowest BCUT2D eigenvalue weighted by Gasteiger charge is -2.20. The van der Waals surface area contributed by atoms with Crippen molar-refractivity contribution in [1.29, 1.82) is 0 Å². The normalized spacial score (nSPS) is 11.9. The maximum absolute atomic E-state index is 14.3. The molecule has 1 aromatic heterocycles. The molecule has 0 unspecified atom stereocenters. The highest BCUT2D eigenvalue weighted by molar-refractivity contribution is 5.96. The van der Waals surface area contributed by atoms with Gasteiger partial charge in [0.25, 0.3) is 0 Å². The number of benzene rings is 2. The van der Waals surface area contributed by atoms with Gasteiger partial charge in [-0.3, -0.25) is 5.10 Å². The van der Waals surface area contributed by atoms with E-state index in [4.69, 9.17) is 0 Å². The first-order valence-electron chi connectivity index (χ1n) is 8.42. The second kappa shape index (κ2) is 7.19. The van der Waals surface area contributed by atoms with Gasteiger partial charge in [0, 0.05) is 17.0 Å². The summed E-state index contributed by atoms with van der Waals surface area (Å²) in [5.74, 6) is -0.874. The standard InChI is InChI=1S/C20H20F2N4O/c1-20(2,3)24-19(27)23-18-10-14-16(25-26-17(14)11-15(18)22)9-6-12-4-7-13(21)8-5-12/h4-11H,1-3H3,(H,25,26)(H2,23,24,27)/b9-6+. The summed E-state index contributed by atoms with van der Waals surface area (Å²) < 4.78 is 27.2. The number of nitrogens with one attached hydrogen (secondary N) is 3. The fraction of sp³-hybridized carbons (Fsp3) is 0.200. The molecular weight excluding hydrogens is 350 g/mol. The number of rotatable bonds is 3. The minimum absolute atomic E-state index is 0.0575. The van der Waals surface area contributed by atoms with Crippen molar-refractivity contribution in [2.45, 2.75) is 26.3 Å². The van der Waals surface area contributed by atoms with Crippen molar-refractivity contribution >= 4 is 34.8 Å². The van der Waals surface area contributed by atoms with E-state index < -0.39 is 17.4 Å². The van der Waals surface area contributed by atoms with Crippen LogP contribution in [0.2, 0.25) is 0 Å². The third-order valence-electron chi connectivity index (χ3n) is 3.72. The summed E-state index contributed by atoms with van der Waals surface area (Å²) in [6.07, 6.45) is 3.51. The second-order valence-corrected chi connectivity index (χ2v) is 7.20. The van der Waals surface area contributed by atoms with Crippen LogP contribution in [-0.2, 0) is 0 Å². The highest BCUT2D eigenvalue weighted by Crippen LogP contribution is 2.25. The van der Waals surface area contributed by atoms with Gasteiger partial charge in [0.1, 0.15) is 11.6 Å². The number of aromatic nitrogens is 2. The van der Waals surface area contributed by atoms with Gasteiger partial charge in [0.15, 0.2) is 0 Å². The number of H-pyrrole nitrogens is 1. The second-order valence-electron chi connectivity index (χ2n) is 7.20. The smallest absolute Gasteiger partial charge is 0.319 e. The molecule has 0 aliphatic rings. The first-order chi connectivity index (χ1) is 12.7. The van der Waals surface area contributed by atoms with Gasteiger partial charge in [-0.15, -0.1) is 0 Å². The van der Waals surface area contributed by atoms with Crippen molar-refractivity contribution < 1.29 is 13.6 Å². The third-order valence-corrected chi connectivity index (χ3v) is 3.72. The van der Waals surface area contributed by atoms with Crippen LogP contribution in [-0.4, -0.2) is 21.8 Å². The molecular formula is C20H20F2N4O.